The molecule has 0 bridgehead atoms. The van der Waals surface area contributed by atoms with Crippen LogP contribution in [-0.4, -0.2) is 74.0 Å². The summed E-state index contributed by atoms with van der Waals surface area (Å²) in [6, 6.07) is -0.00881. The number of rotatable bonds is 3. The predicted molar refractivity (Wildman–Crippen MR) is 72.7 cm³/mol. The summed E-state index contributed by atoms with van der Waals surface area (Å²) in [4.78, 5) is 27.7. The number of nitrogens with zero attached hydrogens (tertiary/aromatic N) is 2. The van der Waals surface area contributed by atoms with Crippen molar-refractivity contribution in [1.82, 2.24) is 20.4 Å². The molecule has 2 atom stereocenters. The largest absolute Gasteiger partial charge is 0.358 e. The van der Waals surface area contributed by atoms with Crippen LogP contribution in [0.15, 0.2) is 0 Å². The molecule has 2 aliphatic rings. The summed E-state index contributed by atoms with van der Waals surface area (Å²) < 4.78 is 0. The Kier molecular flexibility index (Phi) is 4.76. The fourth-order valence-corrected chi connectivity index (χ4v) is 2.77. The number of piperazine rings is 1. The summed E-state index contributed by atoms with van der Waals surface area (Å²) in [5, 5.41) is 5.91. The van der Waals surface area contributed by atoms with Crippen LogP contribution in [0.3, 0.4) is 0 Å². The maximum atomic E-state index is 12.4. The smallest absolute Gasteiger partial charge is 0.240 e. The summed E-state index contributed by atoms with van der Waals surface area (Å²) in [5.74, 6) is 0.687. The SMILES string of the molecule is CNC(=O)CN1CCN(C(=O)C2NCCC2C)CC1. The van der Waals surface area contributed by atoms with E-state index >= 15 is 0 Å². The first kappa shape index (κ1) is 14.3. The van der Waals surface area contributed by atoms with E-state index in [4.69, 9.17) is 0 Å². The predicted octanol–water partition coefficient (Wildman–Crippen LogP) is -1.13. The average molecular weight is 268 g/mol. The fourth-order valence-electron chi connectivity index (χ4n) is 2.77. The van der Waals surface area contributed by atoms with Crippen molar-refractivity contribution in [2.45, 2.75) is 19.4 Å². The molecular formula is C13H24N4O2. The molecule has 19 heavy (non-hydrogen) atoms. The Bertz CT molecular complexity index is 340. The lowest BCUT2D eigenvalue weighted by Gasteiger charge is -2.36. The third-order valence-electron chi connectivity index (χ3n) is 4.13. The molecule has 2 N–H and O–H groups in total. The molecule has 0 aromatic carbocycles. The topological polar surface area (TPSA) is 64.7 Å². The highest BCUT2D eigenvalue weighted by Gasteiger charge is 2.33. The van der Waals surface area contributed by atoms with Crippen molar-refractivity contribution < 1.29 is 9.59 Å². The third-order valence-corrected chi connectivity index (χ3v) is 4.13. The van der Waals surface area contributed by atoms with Crippen molar-refractivity contribution in [3.05, 3.63) is 0 Å². The van der Waals surface area contributed by atoms with E-state index in [1.807, 2.05) is 4.90 Å². The second-order valence-electron chi connectivity index (χ2n) is 5.47. The molecule has 2 heterocycles. The van der Waals surface area contributed by atoms with Crippen LogP contribution in [0.5, 0.6) is 0 Å². The maximum Gasteiger partial charge on any atom is 0.240 e. The van der Waals surface area contributed by atoms with Gasteiger partial charge in [-0.25, -0.2) is 0 Å². The van der Waals surface area contributed by atoms with Crippen LogP contribution in [-0.2, 0) is 9.59 Å². The van der Waals surface area contributed by atoms with E-state index in [0.717, 1.165) is 39.1 Å². The zero-order chi connectivity index (χ0) is 13.8. The van der Waals surface area contributed by atoms with E-state index in [0.29, 0.717) is 12.5 Å². The Labute approximate surface area is 114 Å². The highest BCUT2D eigenvalue weighted by Crippen LogP contribution is 2.17. The summed E-state index contributed by atoms with van der Waals surface area (Å²) in [7, 11) is 1.65. The second-order valence-corrected chi connectivity index (χ2v) is 5.47. The average Bonchev–Trinajstić information content (AvgIpc) is 2.85. The van der Waals surface area contributed by atoms with Gasteiger partial charge in [0.2, 0.25) is 11.8 Å². The molecule has 6 nitrogen and oxygen atoms in total. The number of likely N-dealkylation sites (N-methyl/N-ethyl adjacent to an activating group) is 1. The molecular weight excluding hydrogens is 244 g/mol. The lowest BCUT2D eigenvalue weighted by atomic mass is 10.0. The minimum Gasteiger partial charge on any atom is -0.358 e. The summed E-state index contributed by atoms with van der Waals surface area (Å²) in [5.41, 5.74) is 0. The van der Waals surface area contributed by atoms with Gasteiger partial charge in [-0.15, -0.1) is 0 Å². The monoisotopic (exact) mass is 268 g/mol. The molecule has 0 saturated carbocycles. The number of hydrogen-bond acceptors (Lipinski definition) is 4. The van der Waals surface area contributed by atoms with Gasteiger partial charge >= 0.3 is 0 Å². The van der Waals surface area contributed by atoms with Crippen LogP contribution in [0, 0.1) is 5.92 Å². The minimum atomic E-state index is -0.00881. The van der Waals surface area contributed by atoms with Crippen LogP contribution < -0.4 is 10.6 Å². The van der Waals surface area contributed by atoms with Gasteiger partial charge in [-0.3, -0.25) is 14.5 Å². The molecule has 0 spiro atoms. The molecule has 108 valence electrons. The summed E-state index contributed by atoms with van der Waals surface area (Å²) in [6.07, 6.45) is 1.08. The number of carbonyl (C=O) groups is 2. The number of amides is 2. The maximum absolute atomic E-state index is 12.4. The number of carbonyl (C=O) groups excluding carboxylic acids is 2. The summed E-state index contributed by atoms with van der Waals surface area (Å²) in [6.45, 7) is 6.50. The van der Waals surface area contributed by atoms with Crippen molar-refractivity contribution in [1.29, 1.82) is 0 Å². The van der Waals surface area contributed by atoms with Gasteiger partial charge < -0.3 is 15.5 Å². The Morgan fingerprint density at radius 2 is 1.95 bits per heavy atom. The second kappa shape index (κ2) is 6.34. The standard InChI is InChI=1S/C13H24N4O2/c1-10-3-4-15-12(10)13(19)17-7-5-16(6-8-17)9-11(18)14-2/h10,12,15H,3-9H2,1-2H3,(H,14,18). The molecule has 6 heteroatoms. The van der Waals surface area contributed by atoms with Gasteiger partial charge in [0, 0.05) is 33.2 Å². The van der Waals surface area contributed by atoms with E-state index in [2.05, 4.69) is 22.5 Å². The fraction of sp³-hybridized carbons (Fsp3) is 0.846. The van der Waals surface area contributed by atoms with Crippen molar-refractivity contribution in [3.63, 3.8) is 0 Å². The van der Waals surface area contributed by atoms with E-state index in [1.54, 1.807) is 7.05 Å². The van der Waals surface area contributed by atoms with E-state index < -0.39 is 0 Å². The van der Waals surface area contributed by atoms with Gasteiger partial charge in [0.25, 0.3) is 0 Å². The first-order valence-electron chi connectivity index (χ1n) is 7.07. The Hall–Kier alpha value is -1.14. The van der Waals surface area contributed by atoms with Gasteiger partial charge in [0.05, 0.1) is 12.6 Å². The summed E-state index contributed by atoms with van der Waals surface area (Å²) >= 11 is 0. The van der Waals surface area contributed by atoms with Crippen molar-refractivity contribution in [3.8, 4) is 0 Å². The van der Waals surface area contributed by atoms with E-state index in [-0.39, 0.29) is 17.9 Å². The first-order valence-corrected chi connectivity index (χ1v) is 7.07. The van der Waals surface area contributed by atoms with Crippen molar-refractivity contribution in [2.24, 2.45) is 5.92 Å². The van der Waals surface area contributed by atoms with Crippen LogP contribution in [0.25, 0.3) is 0 Å². The number of nitrogens with one attached hydrogen (secondary N) is 2. The van der Waals surface area contributed by atoms with Gasteiger partial charge in [-0.05, 0) is 18.9 Å². The van der Waals surface area contributed by atoms with E-state index in [9.17, 15) is 9.59 Å². The van der Waals surface area contributed by atoms with Gasteiger partial charge in [-0.1, -0.05) is 6.92 Å². The van der Waals surface area contributed by atoms with Gasteiger partial charge in [0.1, 0.15) is 0 Å². The molecule has 0 aliphatic carbocycles. The van der Waals surface area contributed by atoms with Crippen molar-refractivity contribution in [2.75, 3.05) is 46.3 Å². The molecule has 0 aromatic rings. The molecule has 2 amide bonds. The minimum absolute atomic E-state index is 0.00881. The van der Waals surface area contributed by atoms with Crippen molar-refractivity contribution >= 4 is 11.8 Å². The highest BCUT2D eigenvalue weighted by atomic mass is 16.2. The molecule has 2 rings (SSSR count). The van der Waals surface area contributed by atoms with E-state index in [1.165, 1.54) is 0 Å². The zero-order valence-electron chi connectivity index (χ0n) is 11.8. The molecule has 2 aliphatic heterocycles. The van der Waals surface area contributed by atoms with Crippen LogP contribution in [0.4, 0.5) is 0 Å². The lowest BCUT2D eigenvalue weighted by Crippen LogP contribution is -2.55. The number of hydrogen-bond donors (Lipinski definition) is 2. The zero-order valence-corrected chi connectivity index (χ0v) is 11.8. The normalized spacial score (nSPS) is 28.4. The molecule has 0 radical (unpaired) electrons. The first-order chi connectivity index (χ1) is 9.11. The molecule has 2 fully saturated rings. The van der Waals surface area contributed by atoms with Crippen LogP contribution >= 0.6 is 0 Å². The molecule has 2 unspecified atom stereocenters. The quantitative estimate of drug-likeness (QED) is 0.680. The third kappa shape index (κ3) is 3.45. The molecule has 2 saturated heterocycles. The van der Waals surface area contributed by atoms with Crippen LogP contribution in [0.2, 0.25) is 0 Å². The van der Waals surface area contributed by atoms with Gasteiger partial charge in [0.15, 0.2) is 0 Å². The highest BCUT2D eigenvalue weighted by molar-refractivity contribution is 5.82. The Balaban J connectivity index is 1.79. The Morgan fingerprint density at radius 1 is 1.26 bits per heavy atom. The lowest BCUT2D eigenvalue weighted by molar-refractivity contribution is -0.135. The van der Waals surface area contributed by atoms with Crippen LogP contribution in [0.1, 0.15) is 13.3 Å². The molecule has 0 aromatic heterocycles. The Morgan fingerprint density at radius 3 is 2.47 bits per heavy atom. The van der Waals surface area contributed by atoms with Gasteiger partial charge in [-0.2, -0.15) is 0 Å².